The predicted molar refractivity (Wildman–Crippen MR) is 118 cm³/mol. The van der Waals surface area contributed by atoms with E-state index in [2.05, 4.69) is 10.0 Å². The van der Waals surface area contributed by atoms with Crippen molar-refractivity contribution in [3.63, 3.8) is 0 Å². The third-order valence-electron chi connectivity index (χ3n) is 4.61. The number of thiophene rings is 1. The zero-order valence-electron chi connectivity index (χ0n) is 16.5. The Morgan fingerprint density at radius 2 is 1.55 bits per heavy atom. The van der Waals surface area contributed by atoms with Crippen molar-refractivity contribution in [1.82, 2.24) is 0 Å². The molecule has 0 aliphatic rings. The summed E-state index contributed by atoms with van der Waals surface area (Å²) < 4.78 is 80.7. The van der Waals surface area contributed by atoms with Crippen LogP contribution in [-0.4, -0.2) is 14.3 Å². The molecule has 1 amide bonds. The van der Waals surface area contributed by atoms with Gasteiger partial charge in [0.2, 0.25) is 0 Å². The van der Waals surface area contributed by atoms with E-state index in [1.54, 1.807) is 6.07 Å². The van der Waals surface area contributed by atoms with E-state index in [1.165, 1.54) is 42.5 Å². The van der Waals surface area contributed by atoms with E-state index in [0.29, 0.717) is 4.70 Å². The smallest absolute Gasteiger partial charge is 0.319 e. The molecule has 0 aliphatic heterocycles. The number of rotatable bonds is 5. The lowest BCUT2D eigenvalue weighted by Gasteiger charge is -2.13. The molecule has 0 saturated carbocycles. The van der Waals surface area contributed by atoms with Gasteiger partial charge in [-0.15, -0.1) is 11.3 Å². The average molecular weight is 494 g/mol. The number of hydrogen-bond acceptors (Lipinski definition) is 4. The Labute approximate surface area is 189 Å². The van der Waals surface area contributed by atoms with E-state index in [1.807, 2.05) is 0 Å². The molecule has 4 rings (SSSR count). The molecule has 0 bridgehead atoms. The van der Waals surface area contributed by atoms with Crippen LogP contribution in [0.1, 0.15) is 15.2 Å². The lowest BCUT2D eigenvalue weighted by Crippen LogP contribution is -2.17. The van der Waals surface area contributed by atoms with Gasteiger partial charge in [-0.05, 0) is 53.9 Å². The van der Waals surface area contributed by atoms with E-state index >= 15 is 0 Å². The van der Waals surface area contributed by atoms with Gasteiger partial charge < -0.3 is 5.32 Å². The molecule has 5 nitrogen and oxygen atoms in total. The second-order valence-corrected chi connectivity index (χ2v) is 9.63. The highest BCUT2D eigenvalue weighted by atomic mass is 32.2. The van der Waals surface area contributed by atoms with Gasteiger partial charge in [0.05, 0.1) is 21.8 Å². The highest BCUT2D eigenvalue weighted by Crippen LogP contribution is 2.35. The SMILES string of the molecule is O=C(Nc1ccccc1NS(=O)(=O)c1ccccc1F)c1cc2cc(C(F)(F)F)ccc2s1. The zero-order valence-corrected chi connectivity index (χ0v) is 18.1. The maximum atomic E-state index is 14.0. The average Bonchev–Trinajstić information content (AvgIpc) is 3.18. The lowest BCUT2D eigenvalue weighted by atomic mass is 10.1. The molecule has 3 aromatic carbocycles. The first-order chi connectivity index (χ1) is 15.5. The van der Waals surface area contributed by atoms with Gasteiger partial charge in [0.25, 0.3) is 15.9 Å². The Morgan fingerprint density at radius 3 is 2.24 bits per heavy atom. The van der Waals surface area contributed by atoms with Crippen molar-refractivity contribution in [2.45, 2.75) is 11.1 Å². The number of sulfonamides is 1. The standard InChI is InChI=1S/C22H14F4N2O3S2/c23-15-5-1-4-8-20(15)33(30,31)28-17-7-3-2-6-16(17)27-21(29)19-12-13-11-14(22(24,25)26)9-10-18(13)32-19/h1-12,28H,(H,27,29). The number of benzene rings is 3. The van der Waals surface area contributed by atoms with Gasteiger partial charge in [-0.25, -0.2) is 12.8 Å². The summed E-state index contributed by atoms with van der Waals surface area (Å²) in [7, 11) is -4.29. The van der Waals surface area contributed by atoms with E-state index < -0.39 is 38.4 Å². The number of hydrogen-bond donors (Lipinski definition) is 2. The van der Waals surface area contributed by atoms with Gasteiger partial charge >= 0.3 is 6.18 Å². The molecule has 0 fully saturated rings. The van der Waals surface area contributed by atoms with E-state index in [9.17, 15) is 30.8 Å². The summed E-state index contributed by atoms with van der Waals surface area (Å²) in [5.74, 6) is -1.57. The van der Waals surface area contributed by atoms with Crippen LogP contribution in [0, 0.1) is 5.82 Å². The van der Waals surface area contributed by atoms with Gasteiger partial charge in [-0.1, -0.05) is 24.3 Å². The number of carbonyl (C=O) groups is 1. The van der Waals surface area contributed by atoms with Crippen molar-refractivity contribution >= 4 is 48.7 Å². The molecule has 0 unspecified atom stereocenters. The van der Waals surface area contributed by atoms with Crippen molar-refractivity contribution in [3.05, 3.63) is 89.1 Å². The molecular formula is C22H14F4N2O3S2. The second-order valence-electron chi connectivity index (χ2n) is 6.90. The number of carbonyl (C=O) groups excluding carboxylic acids is 1. The van der Waals surface area contributed by atoms with Gasteiger partial charge in [-0.3, -0.25) is 9.52 Å². The molecule has 4 aromatic rings. The lowest BCUT2D eigenvalue weighted by molar-refractivity contribution is -0.137. The summed E-state index contributed by atoms with van der Waals surface area (Å²) in [5, 5.41) is 2.81. The number of fused-ring (bicyclic) bond motifs is 1. The van der Waals surface area contributed by atoms with E-state index in [-0.39, 0.29) is 21.6 Å². The van der Waals surface area contributed by atoms with Crippen molar-refractivity contribution in [2.75, 3.05) is 10.0 Å². The Kier molecular flexibility index (Phi) is 5.85. The molecule has 0 spiro atoms. The van der Waals surface area contributed by atoms with Crippen molar-refractivity contribution in [1.29, 1.82) is 0 Å². The summed E-state index contributed by atoms with van der Waals surface area (Å²) in [6, 6.07) is 15.2. The topological polar surface area (TPSA) is 75.3 Å². The van der Waals surface area contributed by atoms with Gasteiger partial charge in [0.1, 0.15) is 10.7 Å². The normalized spacial score (nSPS) is 12.0. The molecule has 0 saturated heterocycles. The van der Waals surface area contributed by atoms with Crippen molar-refractivity contribution in [3.8, 4) is 0 Å². The molecule has 0 aliphatic carbocycles. The third kappa shape index (κ3) is 4.83. The number of amides is 1. The number of nitrogens with one attached hydrogen (secondary N) is 2. The summed E-state index contributed by atoms with van der Waals surface area (Å²) in [6.45, 7) is 0. The molecular weight excluding hydrogens is 480 g/mol. The van der Waals surface area contributed by atoms with Crippen LogP contribution in [0.5, 0.6) is 0 Å². The monoisotopic (exact) mass is 494 g/mol. The first-order valence-electron chi connectivity index (χ1n) is 9.33. The maximum Gasteiger partial charge on any atom is 0.416 e. The fourth-order valence-corrected chi connectivity index (χ4v) is 5.16. The minimum Gasteiger partial charge on any atom is -0.319 e. The number of anilines is 2. The summed E-state index contributed by atoms with van der Waals surface area (Å²) in [4.78, 5) is 12.3. The molecule has 2 N–H and O–H groups in total. The van der Waals surface area contributed by atoms with Crippen LogP contribution in [0.3, 0.4) is 0 Å². The van der Waals surface area contributed by atoms with Gasteiger partial charge in [0.15, 0.2) is 0 Å². The van der Waals surface area contributed by atoms with E-state index in [0.717, 1.165) is 35.6 Å². The number of para-hydroxylation sites is 2. The van der Waals surface area contributed by atoms with Crippen molar-refractivity contribution in [2.24, 2.45) is 0 Å². The Morgan fingerprint density at radius 1 is 0.879 bits per heavy atom. The number of halogens is 4. The third-order valence-corrected chi connectivity index (χ3v) is 7.13. The summed E-state index contributed by atoms with van der Waals surface area (Å²) in [5.41, 5.74) is -0.738. The van der Waals surface area contributed by atoms with Gasteiger partial charge in [0, 0.05) is 4.70 Å². The molecule has 1 aromatic heterocycles. The van der Waals surface area contributed by atoms with Crippen LogP contribution in [0.4, 0.5) is 28.9 Å². The number of alkyl halides is 3. The highest BCUT2D eigenvalue weighted by Gasteiger charge is 2.30. The maximum absolute atomic E-state index is 14.0. The van der Waals surface area contributed by atoms with E-state index in [4.69, 9.17) is 0 Å². The molecule has 11 heteroatoms. The predicted octanol–water partition coefficient (Wildman–Crippen LogP) is 6.11. The largest absolute Gasteiger partial charge is 0.416 e. The van der Waals surface area contributed by atoms with Gasteiger partial charge in [-0.2, -0.15) is 13.2 Å². The Balaban J connectivity index is 1.60. The van der Waals surface area contributed by atoms with Crippen LogP contribution in [0.2, 0.25) is 0 Å². The highest BCUT2D eigenvalue weighted by molar-refractivity contribution is 7.92. The minimum atomic E-state index is -4.51. The van der Waals surface area contributed by atoms with Crippen LogP contribution >= 0.6 is 11.3 Å². The fraction of sp³-hybridized carbons (Fsp3) is 0.0455. The fourth-order valence-electron chi connectivity index (χ4n) is 3.06. The molecule has 170 valence electrons. The van der Waals surface area contributed by atoms with Crippen LogP contribution in [0.25, 0.3) is 10.1 Å². The molecule has 0 atom stereocenters. The Bertz CT molecular complexity index is 1460. The van der Waals surface area contributed by atoms with Crippen LogP contribution in [-0.2, 0) is 16.2 Å². The summed E-state index contributed by atoms with van der Waals surface area (Å²) >= 11 is 0.994. The molecule has 1 heterocycles. The second kappa shape index (κ2) is 8.49. The molecule has 0 radical (unpaired) electrons. The first-order valence-corrected chi connectivity index (χ1v) is 11.6. The zero-order chi connectivity index (χ0) is 23.8. The van der Waals surface area contributed by atoms with Crippen LogP contribution in [0.15, 0.2) is 77.7 Å². The Hall–Kier alpha value is -3.44. The molecule has 33 heavy (non-hydrogen) atoms. The summed E-state index contributed by atoms with van der Waals surface area (Å²) in [6.07, 6.45) is -4.51. The minimum absolute atomic E-state index is 0.00503. The quantitative estimate of drug-likeness (QED) is 0.329. The first kappa shape index (κ1) is 22.7. The van der Waals surface area contributed by atoms with Crippen molar-refractivity contribution < 1.29 is 30.8 Å². The van der Waals surface area contributed by atoms with Crippen LogP contribution < -0.4 is 10.0 Å².